The molecule has 0 atom stereocenters. The molecular formula is C100H63BrN2S2. The number of fused-ring (bicyclic) bond motifs is 20. The number of hydrogen-bond acceptors (Lipinski definition) is 2. The maximum atomic E-state index is 3.58. The van der Waals surface area contributed by atoms with E-state index in [1.54, 1.807) is 0 Å². The largest absolute Gasteiger partial charge is 0.361 e. The molecule has 5 heteroatoms. The SMILES string of the molecule is Brc1cccc(-c2ccc3c4ccccc4c4ccccc4c3c2)c1.c1ccc(-c2cccc(-c3ccc4sc5cc6cc[nH]c6cc5c4c3)c2)cc1.c1ccc(-c2cccc(-c3ccc4sc5cc6ccn(-c7cccc(-c8ccc9c%10ccccc%10c%10ccccc%10c9c8)c7)c6cc5c4c3)c2)cc1. The Labute approximate surface area is 623 Å². The van der Waals surface area contributed by atoms with E-state index in [-0.39, 0.29) is 0 Å². The van der Waals surface area contributed by atoms with Crippen LogP contribution in [-0.2, 0) is 0 Å². The summed E-state index contributed by atoms with van der Waals surface area (Å²) in [6.45, 7) is 0. The predicted octanol–water partition coefficient (Wildman–Crippen LogP) is 29.9. The number of thiophene rings is 2. The van der Waals surface area contributed by atoms with Gasteiger partial charge in [-0.15, -0.1) is 22.7 Å². The Balaban J connectivity index is 0.000000116. The second-order valence-electron chi connectivity index (χ2n) is 27.3. The first-order valence-electron chi connectivity index (χ1n) is 35.7. The molecule has 2 nitrogen and oxygen atoms in total. The van der Waals surface area contributed by atoms with Crippen LogP contribution < -0.4 is 0 Å². The highest BCUT2D eigenvalue weighted by molar-refractivity contribution is 9.10. The van der Waals surface area contributed by atoms with E-state index < -0.39 is 0 Å². The highest BCUT2D eigenvalue weighted by atomic mass is 79.9. The van der Waals surface area contributed by atoms with E-state index in [0.717, 1.165) is 10.2 Å². The van der Waals surface area contributed by atoms with Crippen LogP contribution in [0, 0.1) is 0 Å². The normalized spacial score (nSPS) is 11.7. The van der Waals surface area contributed by atoms with Crippen LogP contribution >= 0.6 is 38.6 Å². The molecule has 492 valence electrons. The lowest BCUT2D eigenvalue weighted by molar-refractivity contribution is 1.13. The maximum Gasteiger partial charge on any atom is 0.0535 e. The first kappa shape index (κ1) is 62.3. The molecular weight excluding hydrogens is 1370 g/mol. The minimum absolute atomic E-state index is 1.11. The van der Waals surface area contributed by atoms with Gasteiger partial charge in [0, 0.05) is 79.2 Å². The Morgan fingerprint density at radius 1 is 0.219 bits per heavy atom. The fraction of sp³-hybridized carbons (Fsp3) is 0. The summed E-state index contributed by atoms with van der Waals surface area (Å²) >= 11 is 7.33. The monoisotopic (exact) mass is 1430 g/mol. The summed E-state index contributed by atoms with van der Waals surface area (Å²) in [6.07, 6.45) is 4.23. The van der Waals surface area contributed by atoms with Gasteiger partial charge in [-0.25, -0.2) is 0 Å². The van der Waals surface area contributed by atoms with Gasteiger partial charge in [0.15, 0.2) is 0 Å². The summed E-state index contributed by atoms with van der Waals surface area (Å²) in [5.74, 6) is 0. The number of aromatic nitrogens is 2. The summed E-state index contributed by atoms with van der Waals surface area (Å²) < 4.78 is 8.77. The van der Waals surface area contributed by atoms with Crippen LogP contribution in [0.15, 0.2) is 381 Å². The van der Waals surface area contributed by atoms with Crippen molar-refractivity contribution in [1.29, 1.82) is 0 Å². The molecule has 0 amide bonds. The van der Waals surface area contributed by atoms with E-state index in [1.807, 2.05) is 28.9 Å². The third kappa shape index (κ3) is 11.3. The molecule has 0 saturated heterocycles. The van der Waals surface area contributed by atoms with Crippen molar-refractivity contribution in [2.75, 3.05) is 0 Å². The summed E-state index contributed by atoms with van der Waals surface area (Å²) in [4.78, 5) is 3.34. The number of benzene rings is 18. The zero-order valence-corrected chi connectivity index (χ0v) is 60.2. The van der Waals surface area contributed by atoms with Crippen LogP contribution in [-0.4, -0.2) is 9.55 Å². The molecule has 18 aromatic carbocycles. The summed E-state index contributed by atoms with van der Waals surface area (Å²) in [6, 6.07) is 133. The minimum atomic E-state index is 1.11. The van der Waals surface area contributed by atoms with Gasteiger partial charge < -0.3 is 9.55 Å². The maximum absolute atomic E-state index is 3.58. The van der Waals surface area contributed by atoms with Gasteiger partial charge >= 0.3 is 0 Å². The van der Waals surface area contributed by atoms with E-state index >= 15 is 0 Å². The molecule has 0 fully saturated rings. The second kappa shape index (κ2) is 26.1. The lowest BCUT2D eigenvalue weighted by Gasteiger charge is -2.13. The fourth-order valence-corrected chi connectivity index (χ4v) is 18.6. The molecule has 0 saturated carbocycles. The van der Waals surface area contributed by atoms with Gasteiger partial charge in [-0.1, -0.05) is 271 Å². The Bertz CT molecular complexity index is 7110. The zero-order valence-electron chi connectivity index (χ0n) is 56.9. The van der Waals surface area contributed by atoms with Crippen molar-refractivity contribution in [3.63, 3.8) is 0 Å². The Hall–Kier alpha value is -12.5. The molecule has 0 radical (unpaired) electrons. The van der Waals surface area contributed by atoms with Crippen molar-refractivity contribution in [1.82, 2.24) is 9.55 Å². The smallest absolute Gasteiger partial charge is 0.0535 e. The van der Waals surface area contributed by atoms with Crippen LogP contribution in [0.2, 0.25) is 0 Å². The third-order valence-corrected chi connectivity index (χ3v) is 23.9. The van der Waals surface area contributed by atoms with E-state index in [0.29, 0.717) is 0 Å². The zero-order chi connectivity index (χ0) is 69.5. The van der Waals surface area contributed by atoms with Gasteiger partial charge in [0.25, 0.3) is 0 Å². The third-order valence-electron chi connectivity index (χ3n) is 21.1. The number of rotatable bonds is 7. The molecule has 0 aliphatic rings. The van der Waals surface area contributed by atoms with E-state index in [1.165, 1.54) is 194 Å². The number of H-pyrrole nitrogens is 1. The second-order valence-corrected chi connectivity index (χ2v) is 30.4. The number of nitrogens with zero attached hydrogens (tertiary/aromatic N) is 1. The van der Waals surface area contributed by atoms with Crippen molar-refractivity contribution in [2.24, 2.45) is 0 Å². The van der Waals surface area contributed by atoms with E-state index in [2.05, 4.69) is 396 Å². The molecule has 105 heavy (non-hydrogen) atoms. The standard InChI is InChI=1S/C50H31NS.C26H17NS.C24H15Br/c1-2-10-32(11-3-1)33-12-8-13-34(26-33)37-21-23-49-46(29-37)47-31-48-38(30-50(47)52-49)24-25-51(48)39-15-9-14-35(27-39)36-20-22-44-42-18-5-4-16-40(42)41-17-6-7-19-43(41)45(44)28-36;1-2-5-17(6-3-1)18-7-4-8-19(13-18)20-9-10-25-22(14-20)23-16-24-21(11-12-27-24)15-26(23)28-25;25-18-7-5-6-16(14-18)17-12-13-23-21-10-2-1-8-19(21)20-9-3-4-11-22(20)24(23)15-17/h1-31H;1-16,27H;1-15H. The topological polar surface area (TPSA) is 20.7 Å². The average Bonchev–Trinajstić information content (AvgIpc) is 1.58. The lowest BCUT2D eigenvalue weighted by Crippen LogP contribution is -1.92. The molecule has 1 N–H and O–H groups in total. The van der Waals surface area contributed by atoms with E-state index in [9.17, 15) is 0 Å². The quantitative estimate of drug-likeness (QED) is 0.154. The number of halogens is 1. The van der Waals surface area contributed by atoms with Crippen LogP contribution in [0.1, 0.15) is 0 Å². The molecule has 0 aliphatic heterocycles. The van der Waals surface area contributed by atoms with Crippen molar-refractivity contribution in [3.8, 4) is 72.4 Å². The van der Waals surface area contributed by atoms with Gasteiger partial charge in [-0.3, -0.25) is 0 Å². The Morgan fingerprint density at radius 3 is 1.06 bits per heavy atom. The van der Waals surface area contributed by atoms with Gasteiger partial charge in [-0.2, -0.15) is 0 Å². The Kier molecular flexibility index (Phi) is 15.5. The first-order chi connectivity index (χ1) is 51.9. The number of aromatic amines is 1. The molecule has 4 heterocycles. The van der Waals surface area contributed by atoms with E-state index in [4.69, 9.17) is 0 Å². The highest BCUT2D eigenvalue weighted by Gasteiger charge is 2.17. The number of hydrogen-bond donors (Lipinski definition) is 1. The highest BCUT2D eigenvalue weighted by Crippen LogP contribution is 2.44. The molecule has 0 aliphatic carbocycles. The summed E-state index contributed by atoms with van der Waals surface area (Å²) in [5.41, 5.74) is 18.5. The molecule has 4 aromatic heterocycles. The lowest BCUT2D eigenvalue weighted by atomic mass is 9.92. The van der Waals surface area contributed by atoms with Crippen LogP contribution in [0.3, 0.4) is 0 Å². The molecule has 0 unspecified atom stereocenters. The fourth-order valence-electron chi connectivity index (χ4n) is 16.0. The molecule has 22 aromatic rings. The van der Waals surface area contributed by atoms with Crippen molar-refractivity contribution in [2.45, 2.75) is 0 Å². The van der Waals surface area contributed by atoms with Crippen molar-refractivity contribution in [3.05, 3.63) is 381 Å². The molecule has 0 spiro atoms. The predicted molar refractivity (Wildman–Crippen MR) is 459 cm³/mol. The van der Waals surface area contributed by atoms with Gasteiger partial charge in [-0.05, 0) is 241 Å². The van der Waals surface area contributed by atoms with Crippen molar-refractivity contribution < 1.29 is 0 Å². The number of nitrogens with one attached hydrogen (secondary N) is 1. The summed E-state index contributed by atoms with van der Waals surface area (Å²) in [7, 11) is 0. The van der Waals surface area contributed by atoms with Crippen LogP contribution in [0.4, 0.5) is 0 Å². The Morgan fingerprint density at radius 2 is 0.571 bits per heavy atom. The van der Waals surface area contributed by atoms with Gasteiger partial charge in [0.2, 0.25) is 0 Å². The molecule has 0 bridgehead atoms. The van der Waals surface area contributed by atoms with Gasteiger partial charge in [0.1, 0.15) is 0 Å². The first-order valence-corrected chi connectivity index (χ1v) is 38.1. The molecule has 22 rings (SSSR count). The van der Waals surface area contributed by atoms with Crippen LogP contribution in [0.5, 0.6) is 0 Å². The average molecular weight is 1440 g/mol. The van der Waals surface area contributed by atoms with Gasteiger partial charge in [0.05, 0.1) is 5.52 Å². The minimum Gasteiger partial charge on any atom is -0.361 e. The van der Waals surface area contributed by atoms with Crippen LogP contribution in [0.25, 0.3) is 199 Å². The van der Waals surface area contributed by atoms with Crippen molar-refractivity contribution >= 4 is 165 Å². The summed E-state index contributed by atoms with van der Waals surface area (Å²) in [5, 5.41) is 23.5.